The highest BCUT2D eigenvalue weighted by Crippen LogP contribution is 2.44. The van der Waals surface area contributed by atoms with Gasteiger partial charge in [-0.25, -0.2) is 0 Å². The maximum absolute atomic E-state index is 10.6. The number of aliphatic carboxylic acids is 1. The van der Waals surface area contributed by atoms with Gasteiger partial charge in [0.2, 0.25) is 0 Å². The Kier molecular flexibility index (Phi) is 2.96. The summed E-state index contributed by atoms with van der Waals surface area (Å²) in [7, 11) is 0. The third kappa shape index (κ3) is 2.99. The summed E-state index contributed by atoms with van der Waals surface area (Å²) in [5, 5.41) is 12.0. The standard InChI is InChI=1S/C10H19NO2/c1-7(9(12)13)8(2)11-6-10(3)4-5-10/h7-8,11H,4-6H2,1-3H3,(H,12,13). The summed E-state index contributed by atoms with van der Waals surface area (Å²) in [6, 6.07) is 0.0647. The summed E-state index contributed by atoms with van der Waals surface area (Å²) in [5.41, 5.74) is 0.451. The molecule has 1 aliphatic carbocycles. The lowest BCUT2D eigenvalue weighted by atomic mass is 10.0. The normalized spacial score (nSPS) is 23.6. The Labute approximate surface area is 79.5 Å². The van der Waals surface area contributed by atoms with Crippen LogP contribution in [0, 0.1) is 11.3 Å². The fraction of sp³-hybridized carbons (Fsp3) is 0.900. The molecule has 1 fully saturated rings. The van der Waals surface area contributed by atoms with Crippen LogP contribution in [0.25, 0.3) is 0 Å². The van der Waals surface area contributed by atoms with Gasteiger partial charge in [-0.15, -0.1) is 0 Å². The fourth-order valence-corrected chi connectivity index (χ4v) is 1.19. The van der Waals surface area contributed by atoms with Crippen molar-refractivity contribution in [3.63, 3.8) is 0 Å². The Bertz CT molecular complexity index is 199. The molecular formula is C10H19NO2. The van der Waals surface area contributed by atoms with Crippen molar-refractivity contribution in [2.24, 2.45) is 11.3 Å². The first-order valence-corrected chi connectivity index (χ1v) is 4.91. The van der Waals surface area contributed by atoms with Gasteiger partial charge in [-0.3, -0.25) is 4.79 Å². The molecule has 0 bridgehead atoms. The Balaban J connectivity index is 2.24. The van der Waals surface area contributed by atoms with E-state index in [0.29, 0.717) is 5.41 Å². The monoisotopic (exact) mass is 185 g/mol. The molecule has 13 heavy (non-hydrogen) atoms. The third-order valence-corrected chi connectivity index (χ3v) is 3.09. The van der Waals surface area contributed by atoms with Crippen molar-refractivity contribution < 1.29 is 9.90 Å². The number of carboxylic acids is 1. The lowest BCUT2D eigenvalue weighted by molar-refractivity contribution is -0.141. The summed E-state index contributed by atoms with van der Waals surface area (Å²) in [6.45, 7) is 6.86. The van der Waals surface area contributed by atoms with E-state index in [9.17, 15) is 4.79 Å². The van der Waals surface area contributed by atoms with Gasteiger partial charge >= 0.3 is 5.97 Å². The molecule has 3 nitrogen and oxygen atoms in total. The molecule has 1 saturated carbocycles. The second-order valence-electron chi connectivity index (χ2n) is 4.61. The van der Waals surface area contributed by atoms with E-state index >= 15 is 0 Å². The van der Waals surface area contributed by atoms with Gasteiger partial charge in [-0.2, -0.15) is 0 Å². The number of hydrogen-bond acceptors (Lipinski definition) is 2. The van der Waals surface area contributed by atoms with Crippen LogP contribution < -0.4 is 5.32 Å². The van der Waals surface area contributed by atoms with Crippen molar-refractivity contribution in [3.05, 3.63) is 0 Å². The molecule has 0 aliphatic heterocycles. The van der Waals surface area contributed by atoms with E-state index in [0.717, 1.165) is 6.54 Å². The SMILES string of the molecule is CC(NCC1(C)CC1)C(C)C(=O)O. The lowest BCUT2D eigenvalue weighted by Gasteiger charge is -2.20. The summed E-state index contributed by atoms with van der Waals surface area (Å²) >= 11 is 0. The molecule has 2 N–H and O–H groups in total. The van der Waals surface area contributed by atoms with E-state index in [1.54, 1.807) is 6.92 Å². The molecule has 2 atom stereocenters. The fourth-order valence-electron chi connectivity index (χ4n) is 1.19. The predicted octanol–water partition coefficient (Wildman–Crippen LogP) is 1.49. The highest BCUT2D eigenvalue weighted by molar-refractivity contribution is 5.70. The molecule has 1 rings (SSSR count). The van der Waals surface area contributed by atoms with E-state index in [1.165, 1.54) is 12.8 Å². The van der Waals surface area contributed by atoms with E-state index in [2.05, 4.69) is 12.2 Å². The first kappa shape index (κ1) is 10.5. The van der Waals surface area contributed by atoms with Crippen LogP contribution in [0.5, 0.6) is 0 Å². The molecule has 0 amide bonds. The van der Waals surface area contributed by atoms with Gasteiger partial charge in [0.05, 0.1) is 5.92 Å². The quantitative estimate of drug-likeness (QED) is 0.682. The molecule has 0 spiro atoms. The molecule has 0 aromatic heterocycles. The first-order chi connectivity index (χ1) is 5.94. The topological polar surface area (TPSA) is 49.3 Å². The van der Waals surface area contributed by atoms with Crippen LogP contribution >= 0.6 is 0 Å². The molecule has 2 unspecified atom stereocenters. The maximum Gasteiger partial charge on any atom is 0.307 e. The zero-order chi connectivity index (χ0) is 10.1. The number of rotatable bonds is 5. The van der Waals surface area contributed by atoms with Gasteiger partial charge in [0.15, 0.2) is 0 Å². The Hall–Kier alpha value is -0.570. The first-order valence-electron chi connectivity index (χ1n) is 4.91. The van der Waals surface area contributed by atoms with Crippen LogP contribution in [0.3, 0.4) is 0 Å². The van der Waals surface area contributed by atoms with Crippen LogP contribution in [-0.4, -0.2) is 23.7 Å². The largest absolute Gasteiger partial charge is 0.481 e. The molecule has 0 heterocycles. The van der Waals surface area contributed by atoms with Gasteiger partial charge in [0, 0.05) is 12.6 Å². The van der Waals surface area contributed by atoms with E-state index in [4.69, 9.17) is 5.11 Å². The molecule has 0 saturated heterocycles. The third-order valence-electron chi connectivity index (χ3n) is 3.09. The molecule has 0 aromatic carbocycles. The van der Waals surface area contributed by atoms with Gasteiger partial charge in [-0.05, 0) is 25.2 Å². The van der Waals surface area contributed by atoms with Gasteiger partial charge in [-0.1, -0.05) is 13.8 Å². The van der Waals surface area contributed by atoms with E-state index < -0.39 is 5.97 Å². The number of carbonyl (C=O) groups is 1. The van der Waals surface area contributed by atoms with Crippen LogP contribution in [0.15, 0.2) is 0 Å². The van der Waals surface area contributed by atoms with Crippen molar-refractivity contribution in [2.75, 3.05) is 6.54 Å². The molecule has 1 aliphatic rings. The van der Waals surface area contributed by atoms with Gasteiger partial charge < -0.3 is 10.4 Å². The van der Waals surface area contributed by atoms with Crippen LogP contribution in [-0.2, 0) is 4.79 Å². The molecular weight excluding hydrogens is 166 g/mol. The zero-order valence-corrected chi connectivity index (χ0v) is 8.63. The minimum Gasteiger partial charge on any atom is -0.481 e. The van der Waals surface area contributed by atoms with Crippen molar-refractivity contribution in [1.82, 2.24) is 5.32 Å². The Morgan fingerprint density at radius 3 is 2.46 bits per heavy atom. The molecule has 0 radical (unpaired) electrons. The van der Waals surface area contributed by atoms with Gasteiger partial charge in [0.25, 0.3) is 0 Å². The van der Waals surface area contributed by atoms with Crippen molar-refractivity contribution in [3.8, 4) is 0 Å². The van der Waals surface area contributed by atoms with Crippen molar-refractivity contribution in [2.45, 2.75) is 39.7 Å². The second kappa shape index (κ2) is 3.66. The lowest BCUT2D eigenvalue weighted by Crippen LogP contribution is -2.38. The minimum absolute atomic E-state index is 0.0647. The molecule has 76 valence electrons. The summed E-state index contributed by atoms with van der Waals surface area (Å²) in [6.07, 6.45) is 2.54. The Morgan fingerprint density at radius 2 is 2.08 bits per heavy atom. The number of carboxylic acid groups (broad SMARTS) is 1. The molecule has 0 aromatic rings. The second-order valence-corrected chi connectivity index (χ2v) is 4.61. The zero-order valence-electron chi connectivity index (χ0n) is 8.63. The van der Waals surface area contributed by atoms with E-state index in [-0.39, 0.29) is 12.0 Å². The molecule has 3 heteroatoms. The smallest absolute Gasteiger partial charge is 0.307 e. The van der Waals surface area contributed by atoms with Crippen LogP contribution in [0.4, 0.5) is 0 Å². The summed E-state index contributed by atoms with van der Waals surface area (Å²) < 4.78 is 0. The maximum atomic E-state index is 10.6. The van der Waals surface area contributed by atoms with E-state index in [1.807, 2.05) is 6.92 Å². The van der Waals surface area contributed by atoms with Crippen molar-refractivity contribution in [1.29, 1.82) is 0 Å². The average molecular weight is 185 g/mol. The van der Waals surface area contributed by atoms with Crippen LogP contribution in [0.1, 0.15) is 33.6 Å². The summed E-state index contributed by atoms with van der Waals surface area (Å²) in [4.78, 5) is 10.6. The predicted molar refractivity (Wildman–Crippen MR) is 51.6 cm³/mol. The van der Waals surface area contributed by atoms with Crippen LogP contribution in [0.2, 0.25) is 0 Å². The minimum atomic E-state index is -0.721. The highest BCUT2D eigenvalue weighted by Gasteiger charge is 2.37. The average Bonchev–Trinajstić information content (AvgIpc) is 2.79. The van der Waals surface area contributed by atoms with Crippen molar-refractivity contribution >= 4 is 5.97 Å². The Morgan fingerprint density at radius 1 is 1.54 bits per heavy atom. The van der Waals surface area contributed by atoms with Gasteiger partial charge in [0.1, 0.15) is 0 Å². The number of nitrogens with one attached hydrogen (secondary N) is 1. The highest BCUT2D eigenvalue weighted by atomic mass is 16.4. The number of hydrogen-bond donors (Lipinski definition) is 2. The summed E-state index contributed by atoms with van der Waals surface area (Å²) in [5.74, 6) is -1.02.